The SMILES string of the molecule is [C-]#[N+]/C(C#N)=C\c1cnc(-c2ccc(-c3ccc(-c4ccc(-c5ncc(/C=C(\C#N)[N+]#[C-])s5)o4)n3-c3ccccc3)o2)s1. The average molecular weight is 594 g/mol. The molecule has 0 saturated heterocycles. The second-order valence-electron chi connectivity index (χ2n) is 8.74. The highest BCUT2D eigenvalue weighted by atomic mass is 32.1. The third-order valence-corrected chi connectivity index (χ3v) is 8.03. The topological polar surface area (TPSA) is 113 Å². The molecule has 0 N–H and O–H groups in total. The van der Waals surface area contributed by atoms with E-state index in [0.29, 0.717) is 42.8 Å². The number of aromatic nitrogens is 3. The molecule has 43 heavy (non-hydrogen) atoms. The van der Waals surface area contributed by atoms with Crippen LogP contribution >= 0.6 is 22.7 Å². The fourth-order valence-corrected chi connectivity index (χ4v) is 5.87. The van der Waals surface area contributed by atoms with Gasteiger partial charge in [0.1, 0.15) is 0 Å². The minimum atomic E-state index is -0.00926. The molecular formula is C32H15N7O2S2. The molecule has 202 valence electrons. The molecule has 0 radical (unpaired) electrons. The van der Waals surface area contributed by atoms with Gasteiger partial charge < -0.3 is 13.4 Å². The zero-order valence-electron chi connectivity index (χ0n) is 21.9. The molecule has 11 heteroatoms. The van der Waals surface area contributed by atoms with E-state index in [-0.39, 0.29) is 11.4 Å². The normalized spacial score (nSPS) is 11.4. The molecular weight excluding hydrogens is 579 g/mol. The van der Waals surface area contributed by atoms with E-state index in [0.717, 1.165) is 17.1 Å². The summed E-state index contributed by atoms with van der Waals surface area (Å²) in [6, 6.07) is 24.9. The highest BCUT2D eigenvalue weighted by Gasteiger charge is 2.20. The van der Waals surface area contributed by atoms with E-state index in [1.807, 2.05) is 83.4 Å². The molecule has 0 aliphatic carbocycles. The van der Waals surface area contributed by atoms with Crippen molar-refractivity contribution in [1.29, 1.82) is 10.5 Å². The lowest BCUT2D eigenvalue weighted by atomic mass is 10.2. The van der Waals surface area contributed by atoms with Gasteiger partial charge in [-0.2, -0.15) is 0 Å². The zero-order chi connectivity index (χ0) is 29.8. The number of benzene rings is 1. The Morgan fingerprint density at radius 1 is 0.698 bits per heavy atom. The van der Waals surface area contributed by atoms with Crippen LogP contribution in [0.25, 0.3) is 72.0 Å². The van der Waals surface area contributed by atoms with Crippen molar-refractivity contribution in [2.75, 3.05) is 0 Å². The van der Waals surface area contributed by atoms with Gasteiger partial charge in [0.25, 0.3) is 11.4 Å². The summed E-state index contributed by atoms with van der Waals surface area (Å²) in [6.07, 6.45) is 6.23. The Hall–Kier alpha value is -6.24. The van der Waals surface area contributed by atoms with Crippen LogP contribution in [0.5, 0.6) is 0 Å². The summed E-state index contributed by atoms with van der Waals surface area (Å²) in [6.45, 7) is 14.2. The number of para-hydroxylation sites is 1. The van der Waals surface area contributed by atoms with Crippen LogP contribution in [0.4, 0.5) is 0 Å². The van der Waals surface area contributed by atoms with Gasteiger partial charge in [0.05, 0.1) is 36.7 Å². The second kappa shape index (κ2) is 11.7. The molecule has 5 aromatic heterocycles. The summed E-state index contributed by atoms with van der Waals surface area (Å²) in [5.41, 5.74) is 2.48. The number of hydrogen-bond acceptors (Lipinski definition) is 8. The van der Waals surface area contributed by atoms with Gasteiger partial charge in [-0.1, -0.05) is 18.2 Å². The number of nitrogens with zero attached hydrogens (tertiary/aromatic N) is 7. The predicted octanol–water partition coefficient (Wildman–Crippen LogP) is 8.81. The van der Waals surface area contributed by atoms with E-state index in [4.69, 9.17) is 32.5 Å². The molecule has 0 fully saturated rings. The number of furan rings is 2. The maximum absolute atomic E-state index is 9.05. The van der Waals surface area contributed by atoms with Crippen molar-refractivity contribution in [1.82, 2.24) is 14.5 Å². The lowest BCUT2D eigenvalue weighted by Gasteiger charge is -2.11. The van der Waals surface area contributed by atoms with Crippen LogP contribution in [0.2, 0.25) is 0 Å². The lowest BCUT2D eigenvalue weighted by molar-refractivity contribution is 0.588. The Balaban J connectivity index is 1.36. The first kappa shape index (κ1) is 27.0. The molecule has 9 nitrogen and oxygen atoms in total. The van der Waals surface area contributed by atoms with Gasteiger partial charge in [-0.25, -0.2) is 30.2 Å². The predicted molar refractivity (Wildman–Crippen MR) is 164 cm³/mol. The summed E-state index contributed by atoms with van der Waals surface area (Å²) >= 11 is 2.66. The number of nitriles is 2. The Bertz CT molecular complexity index is 2030. The molecule has 5 heterocycles. The summed E-state index contributed by atoms with van der Waals surface area (Å²) < 4.78 is 14.6. The Morgan fingerprint density at radius 2 is 1.16 bits per heavy atom. The Kier molecular flexibility index (Phi) is 7.34. The van der Waals surface area contributed by atoms with Crippen molar-refractivity contribution in [3.05, 3.63) is 123 Å². The first-order chi connectivity index (χ1) is 21.1. The van der Waals surface area contributed by atoms with Gasteiger partial charge in [0, 0.05) is 27.8 Å². The van der Waals surface area contributed by atoms with Gasteiger partial charge in [0.15, 0.2) is 33.1 Å². The monoisotopic (exact) mass is 593 g/mol. The van der Waals surface area contributed by atoms with Gasteiger partial charge in [-0.15, -0.1) is 22.7 Å². The van der Waals surface area contributed by atoms with Crippen LogP contribution in [0.1, 0.15) is 9.75 Å². The van der Waals surface area contributed by atoms with Crippen LogP contribution in [0, 0.1) is 35.8 Å². The average Bonchev–Trinajstić information content (AvgIpc) is 3.88. The van der Waals surface area contributed by atoms with Gasteiger partial charge in [-0.05, 0) is 60.7 Å². The molecule has 0 unspecified atom stereocenters. The van der Waals surface area contributed by atoms with Crippen LogP contribution in [0.15, 0.2) is 99.4 Å². The van der Waals surface area contributed by atoms with E-state index >= 15 is 0 Å². The highest BCUT2D eigenvalue weighted by Crippen LogP contribution is 2.38. The summed E-state index contributed by atoms with van der Waals surface area (Å²) in [5, 5.41) is 19.4. The number of rotatable bonds is 7. The van der Waals surface area contributed by atoms with E-state index in [1.165, 1.54) is 34.8 Å². The summed E-state index contributed by atoms with van der Waals surface area (Å²) in [4.78, 5) is 16.6. The van der Waals surface area contributed by atoms with E-state index < -0.39 is 0 Å². The first-order valence-corrected chi connectivity index (χ1v) is 14.1. The minimum absolute atomic E-state index is 0.00926. The smallest absolute Gasteiger partial charge is 0.263 e. The molecule has 0 spiro atoms. The van der Waals surface area contributed by atoms with Crippen molar-refractivity contribution in [3.8, 4) is 62.3 Å². The zero-order valence-corrected chi connectivity index (χ0v) is 23.6. The Morgan fingerprint density at radius 3 is 1.60 bits per heavy atom. The van der Waals surface area contributed by atoms with Crippen molar-refractivity contribution in [3.63, 3.8) is 0 Å². The molecule has 0 saturated carbocycles. The molecule has 6 aromatic rings. The molecule has 0 amide bonds. The van der Waals surface area contributed by atoms with Crippen molar-refractivity contribution < 1.29 is 8.83 Å². The number of hydrogen-bond donors (Lipinski definition) is 0. The summed E-state index contributed by atoms with van der Waals surface area (Å²) in [5.74, 6) is 2.37. The number of thiazole rings is 2. The highest BCUT2D eigenvalue weighted by molar-refractivity contribution is 7.16. The maximum atomic E-state index is 9.05. The lowest BCUT2D eigenvalue weighted by Crippen LogP contribution is -1.98. The largest absolute Gasteiger partial charge is 0.452 e. The Labute approximate surface area is 253 Å². The minimum Gasteiger partial charge on any atom is -0.452 e. The fraction of sp³-hybridized carbons (Fsp3) is 0. The van der Waals surface area contributed by atoms with Crippen LogP contribution in [-0.2, 0) is 0 Å². The second-order valence-corrected chi connectivity index (χ2v) is 10.9. The standard InChI is InChI=1S/C32H15N7O2S2/c1-35-20(16-33)14-23-18-37-31(42-23)29-12-10-27(40-29)25-8-9-26(39(25)22-6-4-3-5-7-22)28-11-13-30(41-28)32-38-19-24(43-32)15-21(17-34)36-2/h3-15,18-19H/b20-14-,21-15+. The number of allylic oxidation sites excluding steroid dienone is 2. The van der Waals surface area contributed by atoms with Gasteiger partial charge in [0.2, 0.25) is 0 Å². The quantitative estimate of drug-likeness (QED) is 0.135. The molecule has 1 aromatic carbocycles. The van der Waals surface area contributed by atoms with Crippen molar-refractivity contribution in [2.45, 2.75) is 0 Å². The van der Waals surface area contributed by atoms with E-state index in [9.17, 15) is 0 Å². The van der Waals surface area contributed by atoms with E-state index in [2.05, 4.69) is 19.7 Å². The third kappa shape index (κ3) is 5.41. The van der Waals surface area contributed by atoms with Crippen LogP contribution in [-0.4, -0.2) is 14.5 Å². The van der Waals surface area contributed by atoms with Gasteiger partial charge in [-0.3, -0.25) is 0 Å². The molecule has 6 rings (SSSR count). The van der Waals surface area contributed by atoms with Gasteiger partial charge >= 0.3 is 0 Å². The first-order valence-electron chi connectivity index (χ1n) is 12.5. The van der Waals surface area contributed by atoms with Crippen LogP contribution in [0.3, 0.4) is 0 Å². The third-order valence-electron chi connectivity index (χ3n) is 6.11. The molecule has 0 aliphatic heterocycles. The van der Waals surface area contributed by atoms with Crippen molar-refractivity contribution in [2.24, 2.45) is 0 Å². The molecule has 0 aliphatic rings. The molecule has 0 atom stereocenters. The van der Waals surface area contributed by atoms with E-state index in [1.54, 1.807) is 12.4 Å². The fourth-order valence-electron chi connectivity index (χ4n) is 4.24. The maximum Gasteiger partial charge on any atom is 0.263 e. The summed E-state index contributed by atoms with van der Waals surface area (Å²) in [7, 11) is 0. The van der Waals surface area contributed by atoms with Crippen LogP contribution < -0.4 is 0 Å². The van der Waals surface area contributed by atoms with Crippen molar-refractivity contribution >= 4 is 34.8 Å². The molecule has 0 bridgehead atoms.